The van der Waals surface area contributed by atoms with Gasteiger partial charge in [0.15, 0.2) is 5.16 Å². The van der Waals surface area contributed by atoms with Crippen LogP contribution in [0.3, 0.4) is 0 Å². The SMILES string of the molecule is CCOC(=O)NC(=O)CSc1nnc2n(Cc3ccccc3OC)c(=O)c3ccccc3n12. The van der Waals surface area contributed by atoms with E-state index in [1.54, 1.807) is 36.6 Å². The number of nitrogens with zero attached hydrogens (tertiary/aromatic N) is 4. The number of imide groups is 1. The summed E-state index contributed by atoms with van der Waals surface area (Å²) in [5, 5.41) is 11.5. The highest BCUT2D eigenvalue weighted by atomic mass is 32.2. The average Bonchev–Trinajstić information content (AvgIpc) is 3.25. The molecule has 0 atom stereocenters. The first-order valence-electron chi connectivity index (χ1n) is 10.1. The van der Waals surface area contributed by atoms with Gasteiger partial charge in [0.25, 0.3) is 5.56 Å². The molecular weight excluding hydrogens is 446 g/mol. The Morgan fingerprint density at radius 2 is 1.85 bits per heavy atom. The summed E-state index contributed by atoms with van der Waals surface area (Å²) >= 11 is 1.10. The molecule has 170 valence electrons. The zero-order chi connectivity index (χ0) is 23.4. The number of ether oxygens (including phenoxy) is 2. The van der Waals surface area contributed by atoms with Crippen molar-refractivity contribution >= 4 is 40.4 Å². The molecule has 0 radical (unpaired) electrons. The van der Waals surface area contributed by atoms with Crippen molar-refractivity contribution < 1.29 is 19.1 Å². The fraction of sp³-hybridized carbons (Fsp3) is 0.227. The Morgan fingerprint density at radius 1 is 1.09 bits per heavy atom. The van der Waals surface area contributed by atoms with E-state index in [1.165, 1.54) is 4.57 Å². The second-order valence-electron chi connectivity index (χ2n) is 6.90. The van der Waals surface area contributed by atoms with Gasteiger partial charge in [-0.1, -0.05) is 42.1 Å². The summed E-state index contributed by atoms with van der Waals surface area (Å²) in [6, 6.07) is 14.6. The molecule has 11 heteroatoms. The summed E-state index contributed by atoms with van der Waals surface area (Å²) in [7, 11) is 1.57. The predicted molar refractivity (Wildman–Crippen MR) is 123 cm³/mol. The quantitative estimate of drug-likeness (QED) is 0.412. The summed E-state index contributed by atoms with van der Waals surface area (Å²) in [6.07, 6.45) is -0.801. The van der Waals surface area contributed by atoms with Crippen molar-refractivity contribution in [1.82, 2.24) is 24.5 Å². The van der Waals surface area contributed by atoms with Crippen molar-refractivity contribution in [1.29, 1.82) is 0 Å². The van der Waals surface area contributed by atoms with Gasteiger partial charge in [0.2, 0.25) is 11.7 Å². The van der Waals surface area contributed by atoms with Crippen LogP contribution in [-0.4, -0.2) is 50.6 Å². The van der Waals surface area contributed by atoms with Crippen molar-refractivity contribution in [3.05, 3.63) is 64.4 Å². The van der Waals surface area contributed by atoms with E-state index in [9.17, 15) is 14.4 Å². The molecule has 0 aliphatic carbocycles. The van der Waals surface area contributed by atoms with Gasteiger partial charge in [0.05, 0.1) is 36.9 Å². The third-order valence-corrected chi connectivity index (χ3v) is 5.78. The lowest BCUT2D eigenvalue weighted by molar-refractivity contribution is -0.117. The highest BCUT2D eigenvalue weighted by Crippen LogP contribution is 2.23. The maximum Gasteiger partial charge on any atom is 0.413 e. The van der Waals surface area contributed by atoms with Crippen LogP contribution < -0.4 is 15.6 Å². The molecule has 10 nitrogen and oxygen atoms in total. The Hall–Kier alpha value is -3.86. The van der Waals surface area contributed by atoms with Gasteiger partial charge in [0, 0.05) is 5.56 Å². The van der Waals surface area contributed by atoms with Gasteiger partial charge in [-0.15, -0.1) is 10.2 Å². The lowest BCUT2D eigenvalue weighted by Crippen LogP contribution is -2.32. The molecule has 0 fully saturated rings. The molecule has 0 spiro atoms. The number of nitrogens with one attached hydrogen (secondary N) is 1. The molecule has 2 aromatic heterocycles. The minimum absolute atomic E-state index is 0.0838. The first kappa shape index (κ1) is 22.3. The molecule has 1 N–H and O–H groups in total. The number of amides is 2. The Balaban J connectivity index is 1.75. The van der Waals surface area contributed by atoms with Gasteiger partial charge in [-0.2, -0.15) is 0 Å². The van der Waals surface area contributed by atoms with Crippen LogP contribution in [0.4, 0.5) is 4.79 Å². The fourth-order valence-corrected chi connectivity index (χ4v) is 4.16. The number of benzene rings is 2. The number of hydrogen-bond acceptors (Lipinski definition) is 8. The molecule has 4 rings (SSSR count). The number of hydrogen-bond donors (Lipinski definition) is 1. The highest BCUT2D eigenvalue weighted by Gasteiger charge is 2.19. The average molecular weight is 468 g/mol. The number of carbonyl (C=O) groups is 2. The van der Waals surface area contributed by atoms with Crippen LogP contribution in [-0.2, 0) is 16.1 Å². The summed E-state index contributed by atoms with van der Waals surface area (Å²) in [5.74, 6) is 0.375. The molecule has 0 unspecified atom stereocenters. The zero-order valence-corrected chi connectivity index (χ0v) is 18.8. The van der Waals surface area contributed by atoms with Crippen LogP contribution in [0, 0.1) is 0 Å². The van der Waals surface area contributed by atoms with Crippen LogP contribution in [0.1, 0.15) is 12.5 Å². The van der Waals surface area contributed by atoms with Gasteiger partial charge in [-0.05, 0) is 25.1 Å². The first-order valence-corrected chi connectivity index (χ1v) is 11.1. The number of rotatable bonds is 7. The van der Waals surface area contributed by atoms with Crippen LogP contribution in [0.2, 0.25) is 0 Å². The monoisotopic (exact) mass is 467 g/mol. The third-order valence-electron chi connectivity index (χ3n) is 4.85. The minimum atomic E-state index is -0.801. The molecule has 2 amide bonds. The standard InChI is InChI=1S/C22H21N5O5S/c1-3-32-22(30)23-18(28)13-33-21-25-24-20-26(12-14-8-4-7-11-17(14)31-2)19(29)15-9-5-6-10-16(15)27(20)21/h4-11H,3,12-13H2,1-2H3,(H,23,28,30). The van der Waals surface area contributed by atoms with E-state index < -0.39 is 12.0 Å². The van der Waals surface area contributed by atoms with Crippen molar-refractivity contribution in [3.63, 3.8) is 0 Å². The number of aromatic nitrogens is 4. The molecule has 0 bridgehead atoms. The Labute approximate surface area is 192 Å². The van der Waals surface area contributed by atoms with Crippen molar-refractivity contribution in [2.75, 3.05) is 19.5 Å². The molecule has 0 aliphatic rings. The number of carbonyl (C=O) groups excluding carboxylic acids is 2. The first-order chi connectivity index (χ1) is 16.0. The highest BCUT2D eigenvalue weighted by molar-refractivity contribution is 7.99. The fourth-order valence-electron chi connectivity index (χ4n) is 3.42. The minimum Gasteiger partial charge on any atom is -0.496 e. The normalized spacial score (nSPS) is 11.0. The van der Waals surface area contributed by atoms with Crippen LogP contribution >= 0.6 is 11.8 Å². The number of methoxy groups -OCH3 is 1. The summed E-state index contributed by atoms with van der Waals surface area (Å²) < 4.78 is 13.4. The van der Waals surface area contributed by atoms with Crippen molar-refractivity contribution in [2.45, 2.75) is 18.6 Å². The van der Waals surface area contributed by atoms with Crippen molar-refractivity contribution in [2.24, 2.45) is 0 Å². The topological polar surface area (TPSA) is 117 Å². The molecule has 0 saturated carbocycles. The van der Waals surface area contributed by atoms with Crippen LogP contribution in [0.5, 0.6) is 5.75 Å². The molecule has 0 aliphatic heterocycles. The van der Waals surface area contributed by atoms with E-state index in [1.807, 2.05) is 30.3 Å². The Morgan fingerprint density at radius 3 is 2.64 bits per heavy atom. The summed E-state index contributed by atoms with van der Waals surface area (Å²) in [6.45, 7) is 2.04. The number of para-hydroxylation sites is 2. The third kappa shape index (κ3) is 4.53. The van der Waals surface area contributed by atoms with Crippen LogP contribution in [0.25, 0.3) is 16.7 Å². The predicted octanol–water partition coefficient (Wildman–Crippen LogP) is 2.47. The number of alkyl carbamates (subject to hydrolysis) is 1. The van der Waals surface area contributed by atoms with E-state index in [4.69, 9.17) is 9.47 Å². The molecular formula is C22H21N5O5S. The van der Waals surface area contributed by atoms with Gasteiger partial charge < -0.3 is 9.47 Å². The lowest BCUT2D eigenvalue weighted by atomic mass is 10.2. The Bertz CT molecular complexity index is 1400. The smallest absolute Gasteiger partial charge is 0.413 e. The molecule has 2 heterocycles. The molecule has 33 heavy (non-hydrogen) atoms. The summed E-state index contributed by atoms with van der Waals surface area (Å²) in [5.41, 5.74) is 1.21. The maximum atomic E-state index is 13.3. The molecule has 2 aromatic carbocycles. The zero-order valence-electron chi connectivity index (χ0n) is 18.0. The van der Waals surface area contributed by atoms with E-state index in [2.05, 4.69) is 15.5 Å². The van der Waals surface area contributed by atoms with Gasteiger partial charge in [0.1, 0.15) is 5.75 Å². The van der Waals surface area contributed by atoms with E-state index in [0.29, 0.717) is 27.6 Å². The van der Waals surface area contributed by atoms with E-state index >= 15 is 0 Å². The van der Waals surface area contributed by atoms with Gasteiger partial charge in [-0.25, -0.2) is 4.79 Å². The van der Waals surface area contributed by atoms with Crippen molar-refractivity contribution in [3.8, 4) is 5.75 Å². The molecule has 4 aromatic rings. The van der Waals surface area contributed by atoms with E-state index in [0.717, 1.165) is 17.3 Å². The molecule has 0 saturated heterocycles. The number of thioether (sulfide) groups is 1. The second-order valence-corrected chi connectivity index (χ2v) is 7.84. The van der Waals surface area contributed by atoms with Gasteiger partial charge >= 0.3 is 6.09 Å². The summed E-state index contributed by atoms with van der Waals surface area (Å²) in [4.78, 5) is 36.9. The Kier molecular flexibility index (Phi) is 6.59. The number of fused-ring (bicyclic) bond motifs is 3. The lowest BCUT2D eigenvalue weighted by Gasteiger charge is -2.13. The largest absolute Gasteiger partial charge is 0.496 e. The van der Waals surface area contributed by atoms with Crippen LogP contribution in [0.15, 0.2) is 58.5 Å². The second kappa shape index (κ2) is 9.74. The van der Waals surface area contributed by atoms with E-state index in [-0.39, 0.29) is 24.5 Å². The maximum absolute atomic E-state index is 13.3. The van der Waals surface area contributed by atoms with Gasteiger partial charge in [-0.3, -0.25) is 23.9 Å².